The van der Waals surface area contributed by atoms with Crippen molar-refractivity contribution < 1.29 is 9.53 Å². The maximum Gasteiger partial charge on any atom is 0.242 e. The van der Waals surface area contributed by atoms with Crippen LogP contribution >= 0.6 is 0 Å². The first-order valence-electron chi connectivity index (χ1n) is 6.26. The highest BCUT2D eigenvalue weighted by Gasteiger charge is 2.30. The molecule has 2 aliphatic heterocycles. The van der Waals surface area contributed by atoms with Crippen LogP contribution in [0.2, 0.25) is 0 Å². The molecule has 0 spiro atoms. The number of amides is 1. The molecule has 16 heavy (non-hydrogen) atoms. The zero-order valence-corrected chi connectivity index (χ0v) is 10.2. The molecule has 4 heteroatoms. The molecule has 0 saturated carbocycles. The number of likely N-dealkylation sites (tertiary alicyclic amines) is 1. The first-order chi connectivity index (χ1) is 7.66. The Morgan fingerprint density at radius 2 is 2.00 bits per heavy atom. The fraction of sp³-hybridized carbons (Fsp3) is 0.917. The monoisotopic (exact) mass is 226 g/mol. The number of morpholine rings is 1. The molecule has 2 heterocycles. The lowest BCUT2D eigenvalue weighted by Crippen LogP contribution is -2.55. The van der Waals surface area contributed by atoms with Crippen molar-refractivity contribution in [2.24, 2.45) is 11.8 Å². The molecule has 0 aromatic carbocycles. The normalized spacial score (nSPS) is 36.1. The van der Waals surface area contributed by atoms with Gasteiger partial charge in [-0.25, -0.2) is 0 Å². The second-order valence-corrected chi connectivity index (χ2v) is 5.27. The van der Waals surface area contributed by atoms with Gasteiger partial charge in [0.2, 0.25) is 5.91 Å². The summed E-state index contributed by atoms with van der Waals surface area (Å²) >= 11 is 0. The van der Waals surface area contributed by atoms with Gasteiger partial charge in [-0.15, -0.1) is 0 Å². The molecule has 3 atom stereocenters. The minimum absolute atomic E-state index is 0.119. The molecule has 2 rings (SSSR count). The number of carbonyl (C=O) groups excluding carboxylic acids is 1. The summed E-state index contributed by atoms with van der Waals surface area (Å²) in [6, 6.07) is -0.119. The molecule has 1 N–H and O–H groups in total. The van der Waals surface area contributed by atoms with E-state index in [1.54, 1.807) is 0 Å². The van der Waals surface area contributed by atoms with E-state index in [1.807, 2.05) is 4.90 Å². The van der Waals surface area contributed by atoms with Gasteiger partial charge in [-0.3, -0.25) is 4.79 Å². The summed E-state index contributed by atoms with van der Waals surface area (Å²) in [5.41, 5.74) is 0. The summed E-state index contributed by atoms with van der Waals surface area (Å²) < 4.78 is 5.34. The summed E-state index contributed by atoms with van der Waals surface area (Å²) in [6.45, 7) is 8.29. The van der Waals surface area contributed by atoms with Crippen molar-refractivity contribution in [1.82, 2.24) is 10.2 Å². The van der Waals surface area contributed by atoms with Gasteiger partial charge in [0.1, 0.15) is 6.04 Å². The standard InChI is InChI=1S/C12H22N2O2/c1-9-5-10(2)7-14(6-9)12(15)11-8-16-4-3-13-11/h9-11,13H,3-8H2,1-2H3. The van der Waals surface area contributed by atoms with Gasteiger partial charge in [-0.1, -0.05) is 13.8 Å². The van der Waals surface area contributed by atoms with E-state index in [4.69, 9.17) is 4.74 Å². The third-order valence-electron chi connectivity index (χ3n) is 3.40. The Morgan fingerprint density at radius 1 is 1.31 bits per heavy atom. The lowest BCUT2D eigenvalue weighted by atomic mass is 9.91. The van der Waals surface area contributed by atoms with Crippen molar-refractivity contribution in [3.8, 4) is 0 Å². The zero-order valence-electron chi connectivity index (χ0n) is 10.2. The molecule has 2 saturated heterocycles. The van der Waals surface area contributed by atoms with E-state index >= 15 is 0 Å². The fourth-order valence-corrected chi connectivity index (χ4v) is 2.79. The quantitative estimate of drug-likeness (QED) is 0.707. The molecule has 2 fully saturated rings. The van der Waals surface area contributed by atoms with Crippen LogP contribution in [-0.2, 0) is 9.53 Å². The Bertz CT molecular complexity index is 241. The van der Waals surface area contributed by atoms with Crippen molar-refractivity contribution in [1.29, 1.82) is 0 Å². The van der Waals surface area contributed by atoms with E-state index in [2.05, 4.69) is 19.2 Å². The zero-order chi connectivity index (χ0) is 11.5. The summed E-state index contributed by atoms with van der Waals surface area (Å²) in [5, 5.41) is 3.23. The van der Waals surface area contributed by atoms with Crippen molar-refractivity contribution in [2.75, 3.05) is 32.8 Å². The molecule has 92 valence electrons. The van der Waals surface area contributed by atoms with Crippen LogP contribution in [0.15, 0.2) is 0 Å². The van der Waals surface area contributed by atoms with Crippen LogP contribution in [0, 0.1) is 11.8 Å². The number of piperidine rings is 1. The van der Waals surface area contributed by atoms with Crippen molar-refractivity contribution in [2.45, 2.75) is 26.3 Å². The molecule has 0 aromatic rings. The average Bonchev–Trinajstić information content (AvgIpc) is 2.28. The maximum absolute atomic E-state index is 12.2. The number of rotatable bonds is 1. The number of hydrogen-bond acceptors (Lipinski definition) is 3. The number of ether oxygens (including phenoxy) is 1. The van der Waals surface area contributed by atoms with Crippen LogP contribution in [0.5, 0.6) is 0 Å². The van der Waals surface area contributed by atoms with Gasteiger partial charge >= 0.3 is 0 Å². The third-order valence-corrected chi connectivity index (χ3v) is 3.40. The van der Waals surface area contributed by atoms with E-state index < -0.39 is 0 Å². The van der Waals surface area contributed by atoms with Crippen LogP contribution < -0.4 is 5.32 Å². The summed E-state index contributed by atoms with van der Waals surface area (Å²) in [6.07, 6.45) is 1.23. The largest absolute Gasteiger partial charge is 0.378 e. The first-order valence-corrected chi connectivity index (χ1v) is 6.26. The van der Waals surface area contributed by atoms with Gasteiger partial charge in [-0.2, -0.15) is 0 Å². The van der Waals surface area contributed by atoms with Gasteiger partial charge in [0.25, 0.3) is 0 Å². The van der Waals surface area contributed by atoms with Crippen molar-refractivity contribution in [3.63, 3.8) is 0 Å². The highest BCUT2D eigenvalue weighted by molar-refractivity contribution is 5.82. The third kappa shape index (κ3) is 2.74. The SMILES string of the molecule is CC1CC(C)CN(C(=O)C2COCCN2)C1. The Balaban J connectivity index is 1.92. The lowest BCUT2D eigenvalue weighted by molar-refractivity contribution is -0.139. The molecule has 0 aromatic heterocycles. The summed E-state index contributed by atoms with van der Waals surface area (Å²) in [7, 11) is 0. The average molecular weight is 226 g/mol. The van der Waals surface area contributed by atoms with Gasteiger partial charge < -0.3 is 15.0 Å². The first kappa shape index (κ1) is 11.9. The van der Waals surface area contributed by atoms with Crippen molar-refractivity contribution >= 4 is 5.91 Å². The predicted octanol–water partition coefficient (Wildman–Crippen LogP) is 0.479. The van der Waals surface area contributed by atoms with E-state index in [0.29, 0.717) is 18.4 Å². The molecule has 2 aliphatic rings. The maximum atomic E-state index is 12.2. The minimum atomic E-state index is -0.119. The van der Waals surface area contributed by atoms with Crippen LogP contribution in [0.3, 0.4) is 0 Å². The van der Waals surface area contributed by atoms with E-state index in [1.165, 1.54) is 6.42 Å². The Labute approximate surface area is 97.3 Å². The smallest absolute Gasteiger partial charge is 0.242 e. The molecular formula is C12H22N2O2. The second kappa shape index (κ2) is 5.15. The number of carbonyl (C=O) groups is 1. The summed E-state index contributed by atoms with van der Waals surface area (Å²) in [5.74, 6) is 1.47. The molecule has 0 bridgehead atoms. The minimum Gasteiger partial charge on any atom is -0.378 e. The Hall–Kier alpha value is -0.610. The van der Waals surface area contributed by atoms with E-state index in [-0.39, 0.29) is 11.9 Å². The second-order valence-electron chi connectivity index (χ2n) is 5.27. The predicted molar refractivity (Wildman–Crippen MR) is 62.1 cm³/mol. The molecule has 0 radical (unpaired) electrons. The fourth-order valence-electron chi connectivity index (χ4n) is 2.79. The number of hydrogen-bond donors (Lipinski definition) is 1. The Morgan fingerprint density at radius 3 is 2.56 bits per heavy atom. The van der Waals surface area contributed by atoms with Crippen LogP contribution in [0.1, 0.15) is 20.3 Å². The molecular weight excluding hydrogens is 204 g/mol. The molecule has 0 aliphatic carbocycles. The number of nitrogens with one attached hydrogen (secondary N) is 1. The van der Waals surface area contributed by atoms with Crippen LogP contribution in [0.4, 0.5) is 0 Å². The molecule has 4 nitrogen and oxygen atoms in total. The van der Waals surface area contributed by atoms with Crippen LogP contribution in [0.25, 0.3) is 0 Å². The van der Waals surface area contributed by atoms with E-state index in [9.17, 15) is 4.79 Å². The highest BCUT2D eigenvalue weighted by Crippen LogP contribution is 2.21. The topological polar surface area (TPSA) is 41.6 Å². The highest BCUT2D eigenvalue weighted by atomic mass is 16.5. The Kier molecular flexibility index (Phi) is 3.82. The molecule has 1 amide bonds. The van der Waals surface area contributed by atoms with Gasteiger partial charge in [0.15, 0.2) is 0 Å². The molecule has 3 unspecified atom stereocenters. The number of nitrogens with zero attached hydrogens (tertiary/aromatic N) is 1. The van der Waals surface area contributed by atoms with Crippen LogP contribution in [-0.4, -0.2) is 49.7 Å². The van der Waals surface area contributed by atoms with Gasteiger partial charge in [0.05, 0.1) is 13.2 Å². The lowest BCUT2D eigenvalue weighted by Gasteiger charge is -2.37. The van der Waals surface area contributed by atoms with E-state index in [0.717, 1.165) is 26.2 Å². The van der Waals surface area contributed by atoms with Gasteiger partial charge in [-0.05, 0) is 18.3 Å². The van der Waals surface area contributed by atoms with Crippen molar-refractivity contribution in [3.05, 3.63) is 0 Å². The van der Waals surface area contributed by atoms with Gasteiger partial charge in [0, 0.05) is 19.6 Å². The summed E-state index contributed by atoms with van der Waals surface area (Å²) in [4.78, 5) is 14.2.